The minimum absolute atomic E-state index is 0.760. The average Bonchev–Trinajstić information content (AvgIpc) is 2.53. The van der Waals surface area contributed by atoms with Gasteiger partial charge in [0.15, 0.2) is 0 Å². The van der Waals surface area contributed by atoms with Crippen LogP contribution in [-0.4, -0.2) is 60.4 Å². The number of rotatable bonds is 10. The Morgan fingerprint density at radius 1 is 0.724 bits per heavy atom. The van der Waals surface area contributed by atoms with Crippen molar-refractivity contribution < 1.29 is 57.0 Å². The quantitative estimate of drug-likeness (QED) is 0.219. The average molecular weight is 464 g/mol. The van der Waals surface area contributed by atoms with Crippen LogP contribution in [0.25, 0.3) is 0 Å². The SMILES string of the molecule is C=CC[N+](C=C)(CC=C)CC=C.O=S(=O)(O)C(F)(F)C(F)(F)C(F)(F)C(F)(F)F. The van der Waals surface area contributed by atoms with Crippen molar-refractivity contribution >= 4 is 10.1 Å². The molecular weight excluding hydrogens is 445 g/mol. The molecule has 0 heterocycles. The topological polar surface area (TPSA) is 54.4 Å². The van der Waals surface area contributed by atoms with Gasteiger partial charge in [0.2, 0.25) is 0 Å². The summed E-state index contributed by atoms with van der Waals surface area (Å²) < 4.78 is 135. The van der Waals surface area contributed by atoms with Crippen LogP contribution in [0.5, 0.6) is 0 Å². The molecule has 0 aromatic carbocycles. The van der Waals surface area contributed by atoms with E-state index in [0.717, 1.165) is 24.1 Å². The highest BCUT2D eigenvalue weighted by atomic mass is 32.2. The Balaban J connectivity index is 0. The second-order valence-corrected chi connectivity index (χ2v) is 6.92. The van der Waals surface area contributed by atoms with Crippen molar-refractivity contribution in [2.24, 2.45) is 0 Å². The van der Waals surface area contributed by atoms with Gasteiger partial charge >= 0.3 is 33.4 Å². The van der Waals surface area contributed by atoms with Crippen LogP contribution in [0.1, 0.15) is 0 Å². The van der Waals surface area contributed by atoms with Crippen LogP contribution in [0.3, 0.4) is 0 Å². The normalized spacial score (nSPS) is 13.7. The zero-order chi connectivity index (χ0) is 23.9. The van der Waals surface area contributed by atoms with E-state index < -0.39 is 33.4 Å². The van der Waals surface area contributed by atoms with E-state index in [1.807, 2.05) is 24.4 Å². The van der Waals surface area contributed by atoms with E-state index in [1.165, 1.54) is 0 Å². The summed E-state index contributed by atoms with van der Waals surface area (Å²) >= 11 is 0. The first kappa shape index (κ1) is 29.4. The highest BCUT2D eigenvalue weighted by Crippen LogP contribution is 2.54. The van der Waals surface area contributed by atoms with E-state index >= 15 is 0 Å². The molecular formula is C15H19F9NO3S+. The minimum atomic E-state index is -7.37. The standard InChI is InChI=1S/C11H18N.C4HF9O3S/c1-5-9-12(8-4,10-6-2)11-7-3;5-1(6,3(9,10)11)2(7,8)4(12,13)17(14,15)16/h5-8H,1-4,9-11H2;(H,14,15,16)/q+1;. The molecule has 0 bridgehead atoms. The summed E-state index contributed by atoms with van der Waals surface area (Å²) in [4.78, 5) is 0. The van der Waals surface area contributed by atoms with Gasteiger partial charge in [-0.15, -0.1) is 0 Å². The number of hydrogen-bond acceptors (Lipinski definition) is 2. The van der Waals surface area contributed by atoms with Crippen molar-refractivity contribution in [3.63, 3.8) is 0 Å². The van der Waals surface area contributed by atoms with E-state index in [0.29, 0.717) is 0 Å². The molecule has 14 heteroatoms. The lowest BCUT2D eigenvalue weighted by Crippen LogP contribution is -2.63. The van der Waals surface area contributed by atoms with Gasteiger partial charge in [0.1, 0.15) is 19.6 Å². The molecule has 0 saturated carbocycles. The Labute approximate surface area is 161 Å². The third-order valence-corrected chi connectivity index (χ3v) is 4.21. The van der Waals surface area contributed by atoms with Crippen molar-refractivity contribution in [3.8, 4) is 0 Å². The van der Waals surface area contributed by atoms with Gasteiger partial charge in [0, 0.05) is 0 Å². The van der Waals surface area contributed by atoms with Crippen LogP contribution in [0.2, 0.25) is 0 Å². The van der Waals surface area contributed by atoms with E-state index in [1.54, 1.807) is 0 Å². The summed E-state index contributed by atoms with van der Waals surface area (Å²) in [7, 11) is -7.17. The number of nitrogens with zero attached hydrogens (tertiary/aromatic N) is 1. The molecule has 0 aliphatic heterocycles. The Morgan fingerprint density at radius 2 is 1.03 bits per heavy atom. The largest absolute Gasteiger partial charge is 0.460 e. The fourth-order valence-electron chi connectivity index (χ4n) is 1.74. The number of quaternary nitrogens is 1. The van der Waals surface area contributed by atoms with E-state index in [9.17, 15) is 47.9 Å². The molecule has 1 N–H and O–H groups in total. The summed E-state index contributed by atoms with van der Waals surface area (Å²) in [5.74, 6) is -14.7. The smallest absolute Gasteiger partial charge is 0.288 e. The molecule has 0 rings (SSSR count). The molecule has 0 spiro atoms. The lowest BCUT2D eigenvalue weighted by Gasteiger charge is -2.31. The molecule has 170 valence electrons. The monoisotopic (exact) mass is 464 g/mol. The maximum absolute atomic E-state index is 12.2. The van der Waals surface area contributed by atoms with Gasteiger partial charge in [0.25, 0.3) is 0 Å². The number of hydrogen-bond donors (Lipinski definition) is 1. The van der Waals surface area contributed by atoms with Crippen molar-refractivity contribution in [2.75, 3.05) is 19.6 Å². The molecule has 0 atom stereocenters. The predicted octanol–water partition coefficient (Wildman–Crippen LogP) is 4.80. The lowest BCUT2D eigenvalue weighted by molar-refractivity contribution is -0.861. The Hall–Kier alpha value is -1.80. The van der Waals surface area contributed by atoms with Gasteiger partial charge in [-0.1, -0.05) is 19.7 Å². The van der Waals surface area contributed by atoms with Crippen LogP contribution < -0.4 is 0 Å². The Morgan fingerprint density at radius 3 is 1.21 bits per heavy atom. The second kappa shape index (κ2) is 9.80. The van der Waals surface area contributed by atoms with Gasteiger partial charge in [-0.2, -0.15) is 47.9 Å². The first-order chi connectivity index (χ1) is 12.7. The molecule has 4 nitrogen and oxygen atoms in total. The number of alkyl halides is 9. The molecule has 0 unspecified atom stereocenters. The summed E-state index contributed by atoms with van der Waals surface area (Å²) in [6, 6.07) is 0. The molecule has 0 aliphatic carbocycles. The molecule has 0 aliphatic rings. The maximum Gasteiger partial charge on any atom is 0.460 e. The van der Waals surface area contributed by atoms with Gasteiger partial charge < -0.3 is 0 Å². The Bertz CT molecular complexity index is 674. The van der Waals surface area contributed by atoms with E-state index in [-0.39, 0.29) is 0 Å². The highest BCUT2D eigenvalue weighted by molar-refractivity contribution is 7.87. The molecule has 29 heavy (non-hydrogen) atoms. The summed E-state index contributed by atoms with van der Waals surface area (Å²) in [6.45, 7) is 17.6. The van der Waals surface area contributed by atoms with E-state index in [2.05, 4.69) is 26.3 Å². The zero-order valence-electron chi connectivity index (χ0n) is 14.8. The maximum atomic E-state index is 12.2. The summed E-state index contributed by atoms with van der Waals surface area (Å²) in [5.41, 5.74) is 0. The van der Waals surface area contributed by atoms with Crippen molar-refractivity contribution in [1.29, 1.82) is 0 Å². The highest BCUT2D eigenvalue weighted by Gasteiger charge is 2.85. The van der Waals surface area contributed by atoms with Gasteiger partial charge in [-0.05, 0) is 24.8 Å². The summed E-state index contributed by atoms with van der Waals surface area (Å²) in [6.07, 6.45) is 0.480. The molecule has 0 aromatic rings. The van der Waals surface area contributed by atoms with Crippen molar-refractivity contribution in [2.45, 2.75) is 23.3 Å². The molecule has 0 aromatic heterocycles. The first-order valence-electron chi connectivity index (χ1n) is 7.24. The predicted molar refractivity (Wildman–Crippen MR) is 88.1 cm³/mol. The van der Waals surface area contributed by atoms with Crippen LogP contribution in [0.15, 0.2) is 50.7 Å². The van der Waals surface area contributed by atoms with Gasteiger partial charge in [0.05, 0.1) is 6.20 Å². The Kier molecular flexibility index (Phi) is 9.94. The van der Waals surface area contributed by atoms with Crippen LogP contribution in [-0.2, 0) is 10.1 Å². The molecule has 0 saturated heterocycles. The fourth-order valence-corrected chi connectivity index (χ4v) is 2.19. The summed E-state index contributed by atoms with van der Waals surface area (Å²) in [5, 5.41) is -7.00. The number of halogens is 9. The molecule has 0 radical (unpaired) electrons. The molecule has 0 fully saturated rings. The third kappa shape index (κ3) is 6.34. The minimum Gasteiger partial charge on any atom is -0.288 e. The van der Waals surface area contributed by atoms with Gasteiger partial charge in [-0.25, -0.2) is 0 Å². The van der Waals surface area contributed by atoms with E-state index in [4.69, 9.17) is 4.55 Å². The second-order valence-electron chi connectivity index (χ2n) is 5.45. The van der Waals surface area contributed by atoms with Crippen LogP contribution in [0, 0.1) is 0 Å². The van der Waals surface area contributed by atoms with Gasteiger partial charge in [-0.3, -0.25) is 9.04 Å². The third-order valence-electron chi connectivity index (χ3n) is 3.31. The lowest BCUT2D eigenvalue weighted by atomic mass is 10.1. The fraction of sp³-hybridized carbons (Fsp3) is 0.467. The van der Waals surface area contributed by atoms with Crippen molar-refractivity contribution in [1.82, 2.24) is 0 Å². The van der Waals surface area contributed by atoms with Crippen LogP contribution in [0.4, 0.5) is 39.5 Å². The van der Waals surface area contributed by atoms with Crippen molar-refractivity contribution in [3.05, 3.63) is 50.7 Å². The molecule has 0 amide bonds. The zero-order valence-corrected chi connectivity index (χ0v) is 15.6. The van der Waals surface area contributed by atoms with Crippen LogP contribution >= 0.6 is 0 Å². The first-order valence-corrected chi connectivity index (χ1v) is 8.68.